The molecule has 0 radical (unpaired) electrons. The smallest absolute Gasteiger partial charge is 0.481 e. The summed E-state index contributed by atoms with van der Waals surface area (Å²) < 4.78 is 0. The van der Waals surface area contributed by atoms with Crippen LogP contribution in [0, 0.1) is 34.5 Å². The second-order valence-corrected chi connectivity index (χ2v) is 11.0. The Morgan fingerprint density at radius 2 is 1.69 bits per heavy atom. The average Bonchev–Trinajstić information content (AvgIpc) is 3.04. The molecule has 0 aliphatic heterocycles. The third-order valence-corrected chi connectivity index (χ3v) is 9.13. The van der Waals surface area contributed by atoms with E-state index < -0.39 is 41.4 Å². The van der Waals surface area contributed by atoms with Gasteiger partial charge < -0.3 is 25.5 Å². The van der Waals surface area contributed by atoms with E-state index in [-0.39, 0.29) is 77.3 Å². The summed E-state index contributed by atoms with van der Waals surface area (Å²) in [5.74, 6) is -2.23. The Labute approximate surface area is 232 Å². The third-order valence-electron chi connectivity index (χ3n) is 9.13. The number of aliphatic hydroxyl groups excluding tert-OH is 2. The van der Waals surface area contributed by atoms with Gasteiger partial charge in [0.25, 0.3) is 0 Å². The van der Waals surface area contributed by atoms with Gasteiger partial charge in [-0.1, -0.05) is 32.4 Å². The number of aliphatic carboxylic acids is 2. The molecule has 0 heterocycles. The summed E-state index contributed by atoms with van der Waals surface area (Å²) in [7, 11) is 0. The second kappa shape index (κ2) is 11.2. The maximum absolute atomic E-state index is 12.4. The summed E-state index contributed by atoms with van der Waals surface area (Å²) >= 11 is 0. The molecule has 0 amide bonds. The van der Waals surface area contributed by atoms with Crippen LogP contribution in [0.25, 0.3) is 0 Å². The minimum absolute atomic E-state index is 0. The van der Waals surface area contributed by atoms with Crippen LogP contribution in [0.3, 0.4) is 0 Å². The Morgan fingerprint density at radius 1 is 1.11 bits per heavy atom. The average molecular weight is 516 g/mol. The molecule has 4 aliphatic rings. The number of hydrogen-bond acceptors (Lipinski definition) is 7. The zero-order valence-electron chi connectivity index (χ0n) is 21.4. The summed E-state index contributed by atoms with van der Waals surface area (Å²) in [5, 5.41) is 47.7. The summed E-state index contributed by atoms with van der Waals surface area (Å²) in [5.41, 5.74) is -1.59. The van der Waals surface area contributed by atoms with Crippen LogP contribution in [-0.2, 0) is 19.2 Å². The molecule has 0 bridgehead atoms. The number of carbonyl (C=O) groups excluding carboxylic acids is 2. The number of carbonyl (C=O) groups is 4. The molecule has 3 saturated carbocycles. The Kier molecular flexibility index (Phi) is 9.58. The molecule has 194 valence electrons. The zero-order valence-corrected chi connectivity index (χ0v) is 23.4. The van der Waals surface area contributed by atoms with Crippen molar-refractivity contribution in [1.82, 2.24) is 0 Å². The van der Waals surface area contributed by atoms with Crippen molar-refractivity contribution in [2.75, 3.05) is 6.61 Å². The fraction of sp³-hybridized carbons (Fsp3) is 0.692. The van der Waals surface area contributed by atoms with E-state index >= 15 is 0 Å². The molecule has 0 aromatic carbocycles. The van der Waals surface area contributed by atoms with Crippen molar-refractivity contribution in [2.45, 2.75) is 71.0 Å². The normalized spacial score (nSPS) is 40.3. The SMILES string of the molecule is C[C@H]1CC2[C@H]([C@@H](O)C[C@@]3(C)[C@H]2CC[C@]3(O)C(=O)CO)[C@@]2(C)C=CC(=O)C=C12.O=C(O)CCC(=O)O.[Na+]. The first-order chi connectivity index (χ1) is 16.2. The standard InChI is InChI=1S/C22H30O5.C4H6O4.Na/c1-12-8-14-15-5-7-22(27,18(26)11-23)21(15,3)10-17(25)19(14)20(2)6-4-13(24)9-16(12)20;5-3(6)1-2-4(7)8;/h4,6,9,12,14-15,17,19,23,25,27H,5,7-8,10-11H2,1-3H3;1-2H2,(H,5,6)(H,7,8);/q;;+1/t12-,14?,15-,17-,19+,20-,21-,22-;;/m0../s1. The molecule has 3 fully saturated rings. The molecule has 36 heavy (non-hydrogen) atoms. The van der Waals surface area contributed by atoms with E-state index in [0.29, 0.717) is 12.8 Å². The topological polar surface area (TPSA) is 169 Å². The molecule has 10 heteroatoms. The van der Waals surface area contributed by atoms with Crippen molar-refractivity contribution in [3.8, 4) is 0 Å². The van der Waals surface area contributed by atoms with Crippen molar-refractivity contribution in [2.24, 2.45) is 34.5 Å². The van der Waals surface area contributed by atoms with Crippen molar-refractivity contribution < 1.29 is 74.3 Å². The quantitative estimate of drug-likeness (QED) is 0.281. The van der Waals surface area contributed by atoms with Crippen LogP contribution in [0.2, 0.25) is 0 Å². The van der Waals surface area contributed by atoms with E-state index in [9.17, 15) is 34.5 Å². The molecule has 0 aromatic heterocycles. The third kappa shape index (κ3) is 5.15. The first-order valence-electron chi connectivity index (χ1n) is 12.1. The molecule has 4 rings (SSSR count). The Bertz CT molecular complexity index is 960. The van der Waals surface area contributed by atoms with Crippen molar-refractivity contribution >= 4 is 23.5 Å². The van der Waals surface area contributed by atoms with Gasteiger partial charge in [-0.15, -0.1) is 0 Å². The second-order valence-electron chi connectivity index (χ2n) is 11.0. The number of fused-ring (bicyclic) bond motifs is 5. The predicted octanol–water partition coefficient (Wildman–Crippen LogP) is -1.26. The number of ketones is 2. The number of carboxylic acid groups (broad SMARTS) is 2. The summed E-state index contributed by atoms with van der Waals surface area (Å²) in [6.45, 7) is 5.48. The molecular formula is C26H36NaO9+. The number of carboxylic acids is 2. The monoisotopic (exact) mass is 515 g/mol. The van der Waals surface area contributed by atoms with Gasteiger partial charge in [-0.05, 0) is 55.6 Å². The van der Waals surface area contributed by atoms with Gasteiger partial charge in [0.2, 0.25) is 0 Å². The van der Waals surface area contributed by atoms with E-state index in [1.165, 1.54) is 0 Å². The van der Waals surface area contributed by atoms with Gasteiger partial charge in [0.1, 0.15) is 12.2 Å². The minimum atomic E-state index is -1.57. The van der Waals surface area contributed by atoms with Crippen molar-refractivity contribution in [3.63, 3.8) is 0 Å². The molecule has 4 aliphatic carbocycles. The fourth-order valence-electron chi connectivity index (χ4n) is 7.56. The van der Waals surface area contributed by atoms with Crippen LogP contribution in [-0.4, -0.2) is 67.3 Å². The molecular weight excluding hydrogens is 479 g/mol. The fourth-order valence-corrected chi connectivity index (χ4v) is 7.56. The van der Waals surface area contributed by atoms with Gasteiger partial charge in [0.05, 0.1) is 18.9 Å². The number of aliphatic hydroxyl groups is 3. The molecule has 9 nitrogen and oxygen atoms in total. The van der Waals surface area contributed by atoms with Crippen molar-refractivity contribution in [3.05, 3.63) is 23.8 Å². The van der Waals surface area contributed by atoms with Gasteiger partial charge in [-0.2, -0.15) is 0 Å². The summed E-state index contributed by atoms with van der Waals surface area (Å²) in [4.78, 5) is 43.6. The Balaban J connectivity index is 0.000000442. The van der Waals surface area contributed by atoms with Crippen LogP contribution in [0.15, 0.2) is 23.8 Å². The van der Waals surface area contributed by atoms with Gasteiger partial charge in [-0.3, -0.25) is 19.2 Å². The molecule has 0 spiro atoms. The number of Topliss-reactive ketones (excluding diaryl/α,β-unsaturated/α-hetero) is 1. The van der Waals surface area contributed by atoms with Gasteiger partial charge in [-0.25, -0.2) is 0 Å². The zero-order chi connectivity index (χ0) is 26.3. The molecule has 1 unspecified atom stereocenters. The predicted molar refractivity (Wildman–Crippen MR) is 124 cm³/mol. The van der Waals surface area contributed by atoms with Gasteiger partial charge in [0.15, 0.2) is 11.6 Å². The summed E-state index contributed by atoms with van der Waals surface area (Å²) in [6, 6.07) is 0. The number of allylic oxidation sites excluding steroid dienone is 4. The van der Waals surface area contributed by atoms with E-state index in [1.807, 2.05) is 13.0 Å². The van der Waals surface area contributed by atoms with Crippen LogP contribution < -0.4 is 29.6 Å². The van der Waals surface area contributed by atoms with E-state index in [1.54, 1.807) is 12.2 Å². The van der Waals surface area contributed by atoms with Gasteiger partial charge in [0, 0.05) is 16.7 Å². The van der Waals surface area contributed by atoms with E-state index in [0.717, 1.165) is 18.4 Å². The van der Waals surface area contributed by atoms with Crippen LogP contribution in [0.4, 0.5) is 0 Å². The first kappa shape index (κ1) is 30.9. The van der Waals surface area contributed by atoms with E-state index in [4.69, 9.17) is 10.2 Å². The van der Waals surface area contributed by atoms with Crippen molar-refractivity contribution in [1.29, 1.82) is 0 Å². The number of rotatable bonds is 5. The Morgan fingerprint density at radius 3 is 2.22 bits per heavy atom. The first-order valence-corrected chi connectivity index (χ1v) is 12.1. The van der Waals surface area contributed by atoms with E-state index in [2.05, 4.69) is 13.8 Å². The molecule has 0 aromatic rings. The van der Waals surface area contributed by atoms with Crippen LogP contribution in [0.5, 0.6) is 0 Å². The molecule has 8 atom stereocenters. The Hall–Kier alpha value is -1.36. The van der Waals surface area contributed by atoms with Crippen LogP contribution in [0.1, 0.15) is 59.3 Å². The van der Waals surface area contributed by atoms with Crippen LogP contribution >= 0.6 is 0 Å². The summed E-state index contributed by atoms with van der Waals surface area (Å²) in [6.07, 6.45) is 6.28. The maximum atomic E-state index is 12.4. The number of hydrogen-bond donors (Lipinski definition) is 5. The maximum Gasteiger partial charge on any atom is 1.00 e. The molecule has 0 saturated heterocycles. The largest absolute Gasteiger partial charge is 1.00 e. The van der Waals surface area contributed by atoms with Gasteiger partial charge >= 0.3 is 41.5 Å². The minimum Gasteiger partial charge on any atom is -0.481 e. The molecule has 5 N–H and O–H groups in total.